The van der Waals surface area contributed by atoms with E-state index in [9.17, 15) is 14.4 Å². The predicted molar refractivity (Wildman–Crippen MR) is 112 cm³/mol. The highest BCUT2D eigenvalue weighted by atomic mass is 16.3. The number of nitrogens with zero attached hydrogens (tertiary/aromatic N) is 2. The SMILES string of the molecule is C=C(C)CN(CC)C(=O)c1cn([C@H](C)CC)cc(C(=O)NCc2ccco2)c1=O. The Morgan fingerprint density at radius 2 is 1.97 bits per heavy atom. The molecule has 2 aromatic rings. The lowest BCUT2D eigenvalue weighted by Gasteiger charge is -2.22. The van der Waals surface area contributed by atoms with Gasteiger partial charge >= 0.3 is 0 Å². The van der Waals surface area contributed by atoms with Gasteiger partial charge in [0.2, 0.25) is 5.43 Å². The Hall–Kier alpha value is -3.09. The molecular weight excluding hydrogens is 370 g/mol. The van der Waals surface area contributed by atoms with Gasteiger partial charge in [0.15, 0.2) is 0 Å². The van der Waals surface area contributed by atoms with Crippen molar-refractivity contribution in [3.05, 3.63) is 70.1 Å². The zero-order valence-electron chi connectivity index (χ0n) is 17.5. The fourth-order valence-corrected chi connectivity index (χ4v) is 2.88. The number of amides is 2. The van der Waals surface area contributed by atoms with Gasteiger partial charge in [-0.25, -0.2) is 0 Å². The van der Waals surface area contributed by atoms with Crippen LogP contribution in [0.1, 0.15) is 66.6 Å². The summed E-state index contributed by atoms with van der Waals surface area (Å²) < 4.78 is 6.96. The number of hydrogen-bond acceptors (Lipinski definition) is 4. The molecule has 0 aliphatic rings. The van der Waals surface area contributed by atoms with Crippen LogP contribution < -0.4 is 10.7 Å². The fraction of sp³-hybridized carbons (Fsp3) is 0.409. The molecule has 29 heavy (non-hydrogen) atoms. The van der Waals surface area contributed by atoms with Crippen LogP contribution in [0.5, 0.6) is 0 Å². The maximum atomic E-state index is 13.0. The van der Waals surface area contributed by atoms with Gasteiger partial charge in [-0.3, -0.25) is 14.4 Å². The van der Waals surface area contributed by atoms with Crippen LogP contribution in [-0.4, -0.2) is 34.4 Å². The Bertz CT molecular complexity index is 928. The Kier molecular flexibility index (Phi) is 7.59. The summed E-state index contributed by atoms with van der Waals surface area (Å²) in [4.78, 5) is 40.3. The Morgan fingerprint density at radius 1 is 1.28 bits per heavy atom. The van der Waals surface area contributed by atoms with Crippen molar-refractivity contribution < 1.29 is 14.0 Å². The molecule has 0 saturated heterocycles. The van der Waals surface area contributed by atoms with Crippen molar-refractivity contribution in [2.45, 2.75) is 46.7 Å². The van der Waals surface area contributed by atoms with Gasteiger partial charge in [0.05, 0.1) is 12.8 Å². The molecule has 1 N–H and O–H groups in total. The molecule has 0 fully saturated rings. The number of furan rings is 1. The van der Waals surface area contributed by atoms with Crippen LogP contribution in [0.4, 0.5) is 0 Å². The summed E-state index contributed by atoms with van der Waals surface area (Å²) in [6.07, 6.45) is 5.36. The number of aromatic nitrogens is 1. The van der Waals surface area contributed by atoms with E-state index < -0.39 is 17.2 Å². The zero-order chi connectivity index (χ0) is 21.6. The topological polar surface area (TPSA) is 84.6 Å². The molecule has 0 saturated carbocycles. The first-order chi connectivity index (χ1) is 13.8. The van der Waals surface area contributed by atoms with Crippen LogP contribution in [0.2, 0.25) is 0 Å². The highest BCUT2D eigenvalue weighted by Crippen LogP contribution is 2.13. The molecule has 2 rings (SSSR count). The quantitative estimate of drug-likeness (QED) is 0.655. The van der Waals surface area contributed by atoms with Crippen LogP contribution in [-0.2, 0) is 6.54 Å². The van der Waals surface area contributed by atoms with E-state index in [1.807, 2.05) is 27.7 Å². The molecule has 0 bridgehead atoms. The smallest absolute Gasteiger partial charge is 0.259 e. The minimum Gasteiger partial charge on any atom is -0.467 e. The maximum absolute atomic E-state index is 13.0. The van der Waals surface area contributed by atoms with Gasteiger partial charge in [0.1, 0.15) is 16.9 Å². The monoisotopic (exact) mass is 399 g/mol. The molecular formula is C22H29N3O4. The van der Waals surface area contributed by atoms with E-state index in [0.717, 1.165) is 12.0 Å². The van der Waals surface area contributed by atoms with Crippen molar-refractivity contribution in [3.63, 3.8) is 0 Å². The first kappa shape index (κ1) is 22.2. The van der Waals surface area contributed by atoms with Gasteiger partial charge in [-0.15, -0.1) is 0 Å². The number of carbonyl (C=O) groups excluding carboxylic acids is 2. The van der Waals surface area contributed by atoms with Crippen molar-refractivity contribution in [2.24, 2.45) is 0 Å². The maximum Gasteiger partial charge on any atom is 0.259 e. The van der Waals surface area contributed by atoms with Crippen LogP contribution in [0.15, 0.2) is 52.2 Å². The summed E-state index contributed by atoms with van der Waals surface area (Å²) in [7, 11) is 0. The standard InChI is InChI=1S/C22H29N3O4/c1-6-16(5)25-13-18(21(27)23-11-17-9-8-10-29-17)20(26)19(14-25)22(28)24(7-2)12-15(3)4/h8-10,13-14,16H,3,6-7,11-12H2,1-2,4-5H3,(H,23,27)/t16-/m1/s1. The summed E-state index contributed by atoms with van der Waals surface area (Å²) in [6, 6.07) is 3.47. The van der Waals surface area contributed by atoms with Crippen LogP contribution in [0, 0.1) is 0 Å². The molecule has 0 aliphatic heterocycles. The summed E-state index contributed by atoms with van der Waals surface area (Å²) in [5.74, 6) is -0.370. The fourth-order valence-electron chi connectivity index (χ4n) is 2.88. The second-order valence-corrected chi connectivity index (χ2v) is 7.16. The van der Waals surface area contributed by atoms with E-state index in [4.69, 9.17) is 4.42 Å². The average Bonchev–Trinajstić information content (AvgIpc) is 3.22. The zero-order valence-corrected chi connectivity index (χ0v) is 17.5. The highest BCUT2D eigenvalue weighted by Gasteiger charge is 2.23. The molecule has 1 atom stereocenters. The van der Waals surface area contributed by atoms with Crippen LogP contribution in [0.25, 0.3) is 0 Å². The molecule has 2 aromatic heterocycles. The number of pyridine rings is 1. The number of nitrogens with one attached hydrogen (secondary N) is 1. The van der Waals surface area contributed by atoms with E-state index >= 15 is 0 Å². The minimum atomic E-state index is -0.577. The lowest BCUT2D eigenvalue weighted by Crippen LogP contribution is -2.38. The van der Waals surface area contributed by atoms with E-state index in [2.05, 4.69) is 11.9 Å². The number of carbonyl (C=O) groups is 2. The van der Waals surface area contributed by atoms with E-state index in [0.29, 0.717) is 18.8 Å². The molecule has 2 amide bonds. The van der Waals surface area contributed by atoms with Gasteiger partial charge in [-0.1, -0.05) is 19.1 Å². The third-order valence-corrected chi connectivity index (χ3v) is 4.75. The Balaban J connectivity index is 2.43. The molecule has 0 radical (unpaired) electrons. The van der Waals surface area contributed by atoms with Gasteiger partial charge in [-0.2, -0.15) is 0 Å². The van der Waals surface area contributed by atoms with Crippen molar-refractivity contribution in [1.29, 1.82) is 0 Å². The number of rotatable bonds is 9. The van der Waals surface area contributed by atoms with Crippen LogP contribution in [0.3, 0.4) is 0 Å². The molecule has 2 heterocycles. The molecule has 7 heteroatoms. The van der Waals surface area contributed by atoms with Gasteiger partial charge in [0, 0.05) is 31.5 Å². The molecule has 0 aromatic carbocycles. The highest BCUT2D eigenvalue weighted by molar-refractivity contribution is 5.99. The molecule has 0 unspecified atom stereocenters. The Morgan fingerprint density at radius 3 is 2.52 bits per heavy atom. The van der Waals surface area contributed by atoms with E-state index in [1.54, 1.807) is 27.8 Å². The first-order valence-corrected chi connectivity index (χ1v) is 9.78. The van der Waals surface area contributed by atoms with Gasteiger partial charge in [-0.05, 0) is 39.3 Å². The Labute approximate surface area is 171 Å². The second kappa shape index (κ2) is 9.91. The summed E-state index contributed by atoms with van der Waals surface area (Å²) >= 11 is 0. The predicted octanol–water partition coefficient (Wildman–Crippen LogP) is 3.38. The third-order valence-electron chi connectivity index (χ3n) is 4.75. The summed E-state index contributed by atoms with van der Waals surface area (Å²) in [5, 5.41) is 2.68. The normalized spacial score (nSPS) is 11.7. The molecule has 0 aliphatic carbocycles. The van der Waals surface area contributed by atoms with Crippen molar-refractivity contribution in [1.82, 2.24) is 14.8 Å². The molecule has 0 spiro atoms. The van der Waals surface area contributed by atoms with Crippen molar-refractivity contribution in [3.8, 4) is 0 Å². The molecule has 7 nitrogen and oxygen atoms in total. The largest absolute Gasteiger partial charge is 0.467 e. The summed E-state index contributed by atoms with van der Waals surface area (Å²) in [6.45, 7) is 12.4. The van der Waals surface area contributed by atoms with Crippen LogP contribution >= 0.6 is 0 Å². The first-order valence-electron chi connectivity index (χ1n) is 9.78. The van der Waals surface area contributed by atoms with Crippen molar-refractivity contribution >= 4 is 11.8 Å². The van der Waals surface area contributed by atoms with Gasteiger partial charge in [0.25, 0.3) is 11.8 Å². The number of hydrogen-bond donors (Lipinski definition) is 1. The third kappa shape index (κ3) is 5.47. The summed E-state index contributed by atoms with van der Waals surface area (Å²) in [5.41, 5.74) is 0.162. The lowest BCUT2D eigenvalue weighted by atomic mass is 10.1. The van der Waals surface area contributed by atoms with Crippen molar-refractivity contribution in [2.75, 3.05) is 13.1 Å². The second-order valence-electron chi connectivity index (χ2n) is 7.16. The lowest BCUT2D eigenvalue weighted by molar-refractivity contribution is 0.0776. The molecule has 156 valence electrons. The number of likely N-dealkylation sites (N-methyl/N-ethyl adjacent to an activating group) is 1. The minimum absolute atomic E-state index is 0.0148. The van der Waals surface area contributed by atoms with Gasteiger partial charge < -0.3 is 19.2 Å². The average molecular weight is 399 g/mol. The van der Waals surface area contributed by atoms with E-state index in [1.165, 1.54) is 12.5 Å². The van der Waals surface area contributed by atoms with E-state index in [-0.39, 0.29) is 23.7 Å².